The number of aromatic hydroxyl groups is 1. The molecule has 0 aliphatic carbocycles. The Bertz CT molecular complexity index is 671. The van der Waals surface area contributed by atoms with Crippen molar-refractivity contribution in [2.24, 2.45) is 0 Å². The van der Waals surface area contributed by atoms with Gasteiger partial charge >= 0.3 is 0 Å². The number of hydrogen-bond donors (Lipinski definition) is 1. The fraction of sp³-hybridized carbons (Fsp3) is 0.200. The molecule has 0 saturated heterocycles. The van der Waals surface area contributed by atoms with Crippen LogP contribution in [0.1, 0.15) is 13.8 Å². The Hall–Kier alpha value is -2.01. The number of benzene rings is 2. The van der Waals surface area contributed by atoms with E-state index < -0.39 is 9.84 Å². The Kier molecular flexibility index (Phi) is 3.99. The molecule has 0 aliphatic rings. The second-order valence-electron chi connectivity index (χ2n) is 4.64. The van der Waals surface area contributed by atoms with E-state index in [1.807, 2.05) is 13.8 Å². The highest BCUT2D eigenvalue weighted by Gasteiger charge is 2.17. The van der Waals surface area contributed by atoms with Crippen molar-refractivity contribution in [3.8, 4) is 11.5 Å². The summed E-state index contributed by atoms with van der Waals surface area (Å²) in [7, 11) is -3.57. The summed E-state index contributed by atoms with van der Waals surface area (Å²) in [6, 6.07) is 11.7. The van der Waals surface area contributed by atoms with Crippen molar-refractivity contribution in [1.82, 2.24) is 0 Å². The minimum absolute atomic E-state index is 0.0321. The number of rotatable bonds is 4. The quantitative estimate of drug-likeness (QED) is 0.941. The van der Waals surface area contributed by atoms with Crippen LogP contribution in [0.3, 0.4) is 0 Å². The van der Waals surface area contributed by atoms with Gasteiger partial charge in [-0.3, -0.25) is 0 Å². The molecular formula is C15H16O4S. The van der Waals surface area contributed by atoms with Crippen molar-refractivity contribution < 1.29 is 18.3 Å². The molecule has 0 aliphatic heterocycles. The highest BCUT2D eigenvalue weighted by atomic mass is 32.2. The van der Waals surface area contributed by atoms with Crippen molar-refractivity contribution in [2.45, 2.75) is 29.7 Å². The van der Waals surface area contributed by atoms with Gasteiger partial charge in [0.1, 0.15) is 11.5 Å². The minimum Gasteiger partial charge on any atom is -0.508 e. The number of hydrogen-bond acceptors (Lipinski definition) is 4. The zero-order valence-electron chi connectivity index (χ0n) is 11.3. The molecule has 0 saturated carbocycles. The van der Waals surface area contributed by atoms with E-state index in [0.29, 0.717) is 5.75 Å². The van der Waals surface area contributed by atoms with E-state index in [4.69, 9.17) is 4.74 Å². The summed E-state index contributed by atoms with van der Waals surface area (Å²) in [4.78, 5) is 0.340. The Morgan fingerprint density at radius 1 is 0.900 bits per heavy atom. The van der Waals surface area contributed by atoms with Crippen LogP contribution in [-0.2, 0) is 9.84 Å². The van der Waals surface area contributed by atoms with Crippen LogP contribution < -0.4 is 4.74 Å². The minimum atomic E-state index is -3.57. The lowest BCUT2D eigenvalue weighted by Crippen LogP contribution is -2.06. The van der Waals surface area contributed by atoms with E-state index in [1.54, 1.807) is 12.1 Å². The van der Waals surface area contributed by atoms with E-state index in [1.165, 1.54) is 36.4 Å². The maximum absolute atomic E-state index is 12.4. The first-order valence-electron chi connectivity index (χ1n) is 6.20. The van der Waals surface area contributed by atoms with E-state index >= 15 is 0 Å². The molecular weight excluding hydrogens is 276 g/mol. The SMILES string of the molecule is CC(C)Oc1ccc(S(=O)(=O)c2ccc(O)cc2)cc1. The summed E-state index contributed by atoms with van der Waals surface area (Å²) >= 11 is 0. The van der Waals surface area contributed by atoms with Crippen LogP contribution in [-0.4, -0.2) is 19.6 Å². The van der Waals surface area contributed by atoms with Crippen LogP contribution in [0.15, 0.2) is 58.3 Å². The number of sulfone groups is 1. The monoisotopic (exact) mass is 292 g/mol. The van der Waals surface area contributed by atoms with E-state index in [2.05, 4.69) is 0 Å². The number of phenols is 1. The predicted molar refractivity (Wildman–Crippen MR) is 75.8 cm³/mol. The van der Waals surface area contributed by atoms with Crippen LogP contribution in [0.4, 0.5) is 0 Å². The Labute approximate surface area is 118 Å². The van der Waals surface area contributed by atoms with Crippen molar-refractivity contribution in [2.75, 3.05) is 0 Å². The van der Waals surface area contributed by atoms with Gasteiger partial charge in [-0.1, -0.05) is 0 Å². The lowest BCUT2D eigenvalue weighted by molar-refractivity contribution is 0.242. The molecule has 2 aromatic rings. The molecule has 20 heavy (non-hydrogen) atoms. The molecule has 0 unspecified atom stereocenters. The normalized spacial score (nSPS) is 11.6. The average molecular weight is 292 g/mol. The highest BCUT2D eigenvalue weighted by molar-refractivity contribution is 7.91. The van der Waals surface area contributed by atoms with Crippen molar-refractivity contribution in [1.29, 1.82) is 0 Å². The van der Waals surface area contributed by atoms with Crippen molar-refractivity contribution in [3.63, 3.8) is 0 Å². The predicted octanol–water partition coefficient (Wildman–Crippen LogP) is 3.01. The topological polar surface area (TPSA) is 63.6 Å². The van der Waals surface area contributed by atoms with Gasteiger partial charge in [-0.2, -0.15) is 0 Å². The van der Waals surface area contributed by atoms with Crippen LogP contribution in [0, 0.1) is 0 Å². The molecule has 0 fully saturated rings. The third-order valence-corrected chi connectivity index (χ3v) is 4.44. The fourth-order valence-corrected chi connectivity index (χ4v) is 2.99. The lowest BCUT2D eigenvalue weighted by Gasteiger charge is -2.10. The van der Waals surface area contributed by atoms with Gasteiger partial charge in [-0.15, -0.1) is 0 Å². The largest absolute Gasteiger partial charge is 0.508 e. The van der Waals surface area contributed by atoms with Gasteiger partial charge in [-0.25, -0.2) is 8.42 Å². The molecule has 0 radical (unpaired) electrons. The number of ether oxygens (including phenoxy) is 1. The van der Waals surface area contributed by atoms with Crippen LogP contribution in [0.5, 0.6) is 11.5 Å². The molecule has 0 spiro atoms. The van der Waals surface area contributed by atoms with Crippen LogP contribution in [0.25, 0.3) is 0 Å². The first-order chi connectivity index (χ1) is 9.39. The summed E-state index contributed by atoms with van der Waals surface area (Å²) in [5, 5.41) is 9.20. The van der Waals surface area contributed by atoms with E-state index in [9.17, 15) is 13.5 Å². The maximum atomic E-state index is 12.4. The van der Waals surface area contributed by atoms with E-state index in [-0.39, 0.29) is 21.6 Å². The van der Waals surface area contributed by atoms with Crippen LogP contribution in [0.2, 0.25) is 0 Å². The lowest BCUT2D eigenvalue weighted by atomic mass is 10.3. The summed E-state index contributed by atoms with van der Waals surface area (Å²) < 4.78 is 30.2. The highest BCUT2D eigenvalue weighted by Crippen LogP contribution is 2.24. The third-order valence-electron chi connectivity index (χ3n) is 2.65. The van der Waals surface area contributed by atoms with Gasteiger partial charge in [-0.05, 0) is 62.4 Å². The van der Waals surface area contributed by atoms with Gasteiger partial charge in [0.25, 0.3) is 0 Å². The smallest absolute Gasteiger partial charge is 0.206 e. The number of phenolic OH excluding ortho intramolecular Hbond substituents is 1. The Morgan fingerprint density at radius 3 is 1.80 bits per heavy atom. The second kappa shape index (κ2) is 5.54. The third kappa shape index (κ3) is 3.11. The Morgan fingerprint density at radius 2 is 1.35 bits per heavy atom. The fourth-order valence-electron chi connectivity index (χ4n) is 1.73. The molecule has 0 amide bonds. The molecule has 0 heterocycles. The molecule has 0 atom stereocenters. The van der Waals surface area contributed by atoms with E-state index in [0.717, 1.165) is 0 Å². The molecule has 5 heteroatoms. The first-order valence-corrected chi connectivity index (χ1v) is 7.69. The van der Waals surface area contributed by atoms with Gasteiger partial charge in [0, 0.05) is 0 Å². The molecule has 2 rings (SSSR count). The van der Waals surface area contributed by atoms with Crippen molar-refractivity contribution in [3.05, 3.63) is 48.5 Å². The summed E-state index contributed by atoms with van der Waals surface area (Å²) in [6.45, 7) is 3.81. The summed E-state index contributed by atoms with van der Waals surface area (Å²) in [6.07, 6.45) is 0.0366. The van der Waals surface area contributed by atoms with Gasteiger partial charge < -0.3 is 9.84 Å². The van der Waals surface area contributed by atoms with Gasteiger partial charge in [0.2, 0.25) is 9.84 Å². The summed E-state index contributed by atoms with van der Waals surface area (Å²) in [5.41, 5.74) is 0. The first kappa shape index (κ1) is 14.4. The molecule has 1 N–H and O–H groups in total. The second-order valence-corrected chi connectivity index (χ2v) is 6.59. The molecule has 106 valence electrons. The molecule has 2 aromatic carbocycles. The Balaban J connectivity index is 2.32. The molecule has 4 nitrogen and oxygen atoms in total. The maximum Gasteiger partial charge on any atom is 0.206 e. The molecule has 0 aromatic heterocycles. The van der Waals surface area contributed by atoms with Crippen LogP contribution >= 0.6 is 0 Å². The van der Waals surface area contributed by atoms with Crippen molar-refractivity contribution >= 4 is 9.84 Å². The molecule has 0 bridgehead atoms. The van der Waals surface area contributed by atoms with Gasteiger partial charge in [0.15, 0.2) is 0 Å². The average Bonchev–Trinajstić information content (AvgIpc) is 2.39. The zero-order valence-corrected chi connectivity index (χ0v) is 12.1. The zero-order chi connectivity index (χ0) is 14.8. The van der Waals surface area contributed by atoms with Gasteiger partial charge in [0.05, 0.1) is 15.9 Å². The summed E-state index contributed by atoms with van der Waals surface area (Å²) in [5.74, 6) is 0.661. The standard InChI is InChI=1S/C15H16O4S/c1-11(2)19-13-5-9-15(10-6-13)20(17,18)14-7-3-12(16)4-8-14/h3-11,16H,1-2H3.